The predicted octanol–water partition coefficient (Wildman–Crippen LogP) is 3.53. The largest absolute Gasteiger partial charge is 0.274 e. The molecule has 0 spiro atoms. The van der Waals surface area contributed by atoms with Gasteiger partial charge in [0.15, 0.2) is 0 Å². The Hall–Kier alpha value is -1.92. The van der Waals surface area contributed by atoms with Crippen LogP contribution in [0.2, 0.25) is 10.0 Å². The minimum atomic E-state index is -0.459. The molecule has 3 atom stereocenters. The van der Waals surface area contributed by atoms with Crippen LogP contribution < -0.4 is 4.90 Å². The average Bonchev–Trinajstić information content (AvgIpc) is 3.31. The molecular formula is C20H17Cl2N3O2. The van der Waals surface area contributed by atoms with Gasteiger partial charge in [-0.15, -0.1) is 0 Å². The van der Waals surface area contributed by atoms with Crippen molar-refractivity contribution in [2.24, 2.45) is 5.92 Å². The molecule has 2 aromatic rings. The van der Waals surface area contributed by atoms with Crippen molar-refractivity contribution in [3.8, 4) is 0 Å². The lowest BCUT2D eigenvalue weighted by Crippen LogP contribution is -2.44. The van der Waals surface area contributed by atoms with Gasteiger partial charge in [-0.3, -0.25) is 9.59 Å². The van der Waals surface area contributed by atoms with Crippen LogP contribution in [0, 0.1) is 5.92 Å². The normalized spacial score (nSPS) is 28.1. The maximum Gasteiger partial charge on any atom is 0.253 e. The first kappa shape index (κ1) is 17.2. The highest BCUT2D eigenvalue weighted by molar-refractivity contribution is 6.42. The Morgan fingerprint density at radius 2 is 1.52 bits per heavy atom. The van der Waals surface area contributed by atoms with E-state index in [0.717, 1.165) is 25.1 Å². The molecule has 27 heavy (non-hydrogen) atoms. The first-order valence-corrected chi connectivity index (χ1v) is 9.74. The summed E-state index contributed by atoms with van der Waals surface area (Å²) < 4.78 is 0. The summed E-state index contributed by atoms with van der Waals surface area (Å²) in [6.45, 7) is 1.65. The molecule has 0 aliphatic carbocycles. The van der Waals surface area contributed by atoms with E-state index in [0.29, 0.717) is 15.7 Å². The highest BCUT2D eigenvalue weighted by Crippen LogP contribution is 2.49. The second-order valence-electron chi connectivity index (χ2n) is 7.12. The van der Waals surface area contributed by atoms with E-state index in [1.165, 1.54) is 4.90 Å². The molecule has 0 saturated carbocycles. The molecule has 138 valence electrons. The molecule has 5 rings (SSSR count). The third kappa shape index (κ3) is 2.46. The van der Waals surface area contributed by atoms with E-state index in [1.807, 2.05) is 30.3 Å². The Bertz CT molecular complexity index is 936. The highest BCUT2D eigenvalue weighted by Gasteiger charge is 2.62. The predicted molar refractivity (Wildman–Crippen MR) is 103 cm³/mol. The fraction of sp³-hybridized carbons (Fsp3) is 0.300. The molecule has 0 N–H and O–H groups in total. The van der Waals surface area contributed by atoms with Crippen molar-refractivity contribution in [1.29, 1.82) is 0 Å². The minimum absolute atomic E-state index is 0.122. The zero-order valence-corrected chi connectivity index (χ0v) is 15.9. The number of amides is 2. The van der Waals surface area contributed by atoms with E-state index < -0.39 is 12.0 Å². The van der Waals surface area contributed by atoms with Gasteiger partial charge in [0.2, 0.25) is 5.91 Å². The Morgan fingerprint density at radius 1 is 0.815 bits per heavy atom. The second kappa shape index (κ2) is 6.31. The summed E-state index contributed by atoms with van der Waals surface area (Å²) in [5.41, 5.74) is 1.54. The molecule has 2 aromatic carbocycles. The zero-order chi connectivity index (χ0) is 18.7. The molecule has 2 amide bonds. The van der Waals surface area contributed by atoms with Gasteiger partial charge in [0, 0.05) is 13.1 Å². The molecule has 3 saturated heterocycles. The molecular weight excluding hydrogens is 385 g/mol. The van der Waals surface area contributed by atoms with Crippen LogP contribution in [0.25, 0.3) is 0 Å². The summed E-state index contributed by atoms with van der Waals surface area (Å²) in [7, 11) is 0. The summed E-state index contributed by atoms with van der Waals surface area (Å²) in [6.07, 6.45) is 0.987. The molecule has 5 nitrogen and oxygen atoms in total. The van der Waals surface area contributed by atoms with E-state index in [-0.39, 0.29) is 17.9 Å². The van der Waals surface area contributed by atoms with Gasteiger partial charge in [0.1, 0.15) is 6.04 Å². The first-order chi connectivity index (χ1) is 13.1. The van der Waals surface area contributed by atoms with Crippen LogP contribution in [0.1, 0.15) is 18.0 Å². The van der Waals surface area contributed by atoms with Gasteiger partial charge in [-0.05, 0) is 30.2 Å². The van der Waals surface area contributed by atoms with Gasteiger partial charge in [-0.25, -0.2) is 14.9 Å². The van der Waals surface area contributed by atoms with Gasteiger partial charge in [0.25, 0.3) is 5.91 Å². The Morgan fingerprint density at radius 3 is 2.22 bits per heavy atom. The van der Waals surface area contributed by atoms with Crippen molar-refractivity contribution < 1.29 is 9.59 Å². The number of benzene rings is 2. The molecule has 0 bridgehead atoms. The van der Waals surface area contributed by atoms with Crippen LogP contribution in [-0.4, -0.2) is 41.0 Å². The summed E-state index contributed by atoms with van der Waals surface area (Å²) in [5.74, 6) is -0.782. The molecule has 7 heteroatoms. The van der Waals surface area contributed by atoms with E-state index >= 15 is 0 Å². The molecule has 3 aliphatic heterocycles. The number of hydrazine groups is 1. The lowest BCUT2D eigenvalue weighted by molar-refractivity contribution is -0.126. The van der Waals surface area contributed by atoms with Crippen LogP contribution in [-0.2, 0) is 9.59 Å². The average molecular weight is 402 g/mol. The van der Waals surface area contributed by atoms with Crippen molar-refractivity contribution in [1.82, 2.24) is 10.0 Å². The number of hydrogen-bond acceptors (Lipinski definition) is 4. The minimum Gasteiger partial charge on any atom is -0.274 e. The summed E-state index contributed by atoms with van der Waals surface area (Å²) in [5, 5.41) is 5.01. The van der Waals surface area contributed by atoms with Crippen LogP contribution >= 0.6 is 23.2 Å². The molecule has 3 aliphatic rings. The number of rotatable bonds is 2. The third-order valence-corrected chi connectivity index (χ3v) is 6.45. The second-order valence-corrected chi connectivity index (χ2v) is 7.93. The number of hydrogen-bond donors (Lipinski definition) is 0. The fourth-order valence-electron chi connectivity index (χ4n) is 4.64. The van der Waals surface area contributed by atoms with Crippen LogP contribution in [0.15, 0.2) is 48.5 Å². The summed E-state index contributed by atoms with van der Waals surface area (Å²) >= 11 is 12.1. The topological polar surface area (TPSA) is 43.9 Å². The number of halogens is 2. The zero-order valence-electron chi connectivity index (χ0n) is 14.4. The van der Waals surface area contributed by atoms with Crippen molar-refractivity contribution in [3.63, 3.8) is 0 Å². The molecule has 0 radical (unpaired) electrons. The molecule has 3 heterocycles. The molecule has 0 unspecified atom stereocenters. The van der Waals surface area contributed by atoms with E-state index in [9.17, 15) is 9.59 Å². The summed E-state index contributed by atoms with van der Waals surface area (Å²) in [4.78, 5) is 27.9. The van der Waals surface area contributed by atoms with Gasteiger partial charge >= 0.3 is 0 Å². The Kier molecular flexibility index (Phi) is 4.02. The number of nitrogens with zero attached hydrogens (tertiary/aromatic N) is 3. The molecule has 3 fully saturated rings. The number of anilines is 1. The van der Waals surface area contributed by atoms with Gasteiger partial charge in [-0.2, -0.15) is 0 Å². The Labute approximate surface area is 167 Å². The van der Waals surface area contributed by atoms with Crippen molar-refractivity contribution in [2.45, 2.75) is 18.5 Å². The smallest absolute Gasteiger partial charge is 0.253 e. The number of carbonyl (C=O) groups excluding carboxylic acids is 2. The maximum absolute atomic E-state index is 13.4. The summed E-state index contributed by atoms with van der Waals surface area (Å²) in [6, 6.07) is 14.3. The number of imide groups is 1. The monoisotopic (exact) mass is 401 g/mol. The quantitative estimate of drug-likeness (QED) is 0.721. The van der Waals surface area contributed by atoms with E-state index in [4.69, 9.17) is 23.2 Å². The lowest BCUT2D eigenvalue weighted by Gasteiger charge is -2.29. The van der Waals surface area contributed by atoms with E-state index in [1.54, 1.807) is 18.2 Å². The highest BCUT2D eigenvalue weighted by atomic mass is 35.5. The first-order valence-electron chi connectivity index (χ1n) is 8.99. The van der Waals surface area contributed by atoms with Gasteiger partial charge < -0.3 is 0 Å². The third-order valence-electron chi connectivity index (χ3n) is 5.71. The maximum atomic E-state index is 13.4. The molecule has 0 aromatic heterocycles. The Balaban J connectivity index is 1.59. The lowest BCUT2D eigenvalue weighted by atomic mass is 9.90. The SMILES string of the molecule is O=C1[C@@H]2[C@@H](c3ccccc3)N3CCCN3[C@H]2C(=O)N1c1ccc(Cl)c(Cl)c1. The van der Waals surface area contributed by atoms with Crippen molar-refractivity contribution in [3.05, 3.63) is 64.1 Å². The van der Waals surface area contributed by atoms with Crippen LogP contribution in [0.5, 0.6) is 0 Å². The van der Waals surface area contributed by atoms with Gasteiger partial charge in [-0.1, -0.05) is 53.5 Å². The van der Waals surface area contributed by atoms with Crippen molar-refractivity contribution in [2.75, 3.05) is 18.0 Å². The number of carbonyl (C=O) groups is 2. The van der Waals surface area contributed by atoms with E-state index in [2.05, 4.69) is 10.0 Å². The van der Waals surface area contributed by atoms with Gasteiger partial charge in [0.05, 0.1) is 27.7 Å². The van der Waals surface area contributed by atoms with Crippen molar-refractivity contribution >= 4 is 40.7 Å². The number of fused-ring (bicyclic) bond motifs is 3. The van der Waals surface area contributed by atoms with Crippen LogP contribution in [0.4, 0.5) is 5.69 Å². The van der Waals surface area contributed by atoms with Crippen LogP contribution in [0.3, 0.4) is 0 Å². The standard InChI is InChI=1S/C20H17Cl2N3O2/c21-14-8-7-13(11-15(14)22)25-19(26)16-17(12-5-2-1-3-6-12)23-9-4-10-24(23)18(16)20(25)27/h1-3,5-8,11,16-18H,4,9-10H2/t16-,17-,18-/m1/s1. The fourth-order valence-corrected chi connectivity index (χ4v) is 4.93.